The average molecular weight is 409 g/mol. The van der Waals surface area contributed by atoms with Crippen molar-refractivity contribution in [3.8, 4) is 0 Å². The molecule has 0 atom stereocenters. The van der Waals surface area contributed by atoms with Crippen LogP contribution in [0.3, 0.4) is 0 Å². The molecule has 1 aliphatic heterocycles. The van der Waals surface area contributed by atoms with Crippen molar-refractivity contribution in [1.29, 1.82) is 0 Å². The molecule has 0 spiro atoms. The van der Waals surface area contributed by atoms with Crippen molar-refractivity contribution in [3.05, 3.63) is 57.8 Å². The minimum absolute atomic E-state index is 0. The number of nitrogens with one attached hydrogen (secondary N) is 2. The molecule has 1 aromatic carbocycles. The van der Waals surface area contributed by atoms with E-state index in [0.29, 0.717) is 29.2 Å². The molecule has 1 aliphatic rings. The average Bonchev–Trinajstić information content (AvgIpc) is 3.21. The molecule has 7 heteroatoms. The third-order valence-electron chi connectivity index (χ3n) is 4.90. The van der Waals surface area contributed by atoms with E-state index >= 15 is 0 Å². The molecule has 0 aliphatic carbocycles. The Bertz CT molecular complexity index is 753. The van der Waals surface area contributed by atoms with Gasteiger partial charge in [-0.05, 0) is 43.4 Å². The van der Waals surface area contributed by atoms with Gasteiger partial charge in [-0.25, -0.2) is 0 Å². The van der Waals surface area contributed by atoms with Crippen LogP contribution in [-0.4, -0.2) is 45.0 Å². The van der Waals surface area contributed by atoms with Gasteiger partial charge in [0.1, 0.15) is 0 Å². The Kier molecular flexibility index (Phi) is 7.98. The van der Waals surface area contributed by atoms with E-state index in [1.165, 1.54) is 11.3 Å². The highest BCUT2D eigenvalue weighted by Crippen LogP contribution is 2.28. The number of hydrogen-bond acceptors (Lipinski definition) is 5. The van der Waals surface area contributed by atoms with Gasteiger partial charge >= 0.3 is 0 Å². The summed E-state index contributed by atoms with van der Waals surface area (Å²) in [5, 5.41) is 8.25. The molecule has 146 valence electrons. The number of piperidine rings is 1. The standard InChI is InChI=1S/C20H24N2O3S.ClH/c1-25-14-20(8-10-21-11-9-20)13-22-19(24)16-6-3-2-5-15(16)18(23)17-7-4-12-26-17;/h2-7,12,21H,8-11,13-14H2,1H3,(H,22,24);1H. The van der Waals surface area contributed by atoms with Gasteiger partial charge in [-0.15, -0.1) is 23.7 Å². The summed E-state index contributed by atoms with van der Waals surface area (Å²) in [5.74, 6) is -0.321. The summed E-state index contributed by atoms with van der Waals surface area (Å²) in [6, 6.07) is 10.6. The van der Waals surface area contributed by atoms with E-state index in [1.807, 2.05) is 11.4 Å². The van der Waals surface area contributed by atoms with E-state index in [2.05, 4.69) is 10.6 Å². The van der Waals surface area contributed by atoms with E-state index in [0.717, 1.165) is 25.9 Å². The van der Waals surface area contributed by atoms with Crippen molar-refractivity contribution < 1.29 is 14.3 Å². The second-order valence-corrected chi connectivity index (χ2v) is 7.67. The second-order valence-electron chi connectivity index (χ2n) is 6.72. The number of halogens is 1. The number of thiophene rings is 1. The smallest absolute Gasteiger partial charge is 0.252 e. The summed E-state index contributed by atoms with van der Waals surface area (Å²) >= 11 is 1.38. The van der Waals surface area contributed by atoms with Crippen molar-refractivity contribution in [2.45, 2.75) is 12.8 Å². The van der Waals surface area contributed by atoms with Gasteiger partial charge in [0.2, 0.25) is 5.78 Å². The van der Waals surface area contributed by atoms with Crippen LogP contribution in [0.5, 0.6) is 0 Å². The second kappa shape index (κ2) is 9.99. The number of ketones is 1. The van der Waals surface area contributed by atoms with Crippen LogP contribution in [0, 0.1) is 5.41 Å². The first-order valence-electron chi connectivity index (χ1n) is 8.80. The predicted molar refractivity (Wildman–Crippen MR) is 110 cm³/mol. The number of benzene rings is 1. The number of carbonyl (C=O) groups excluding carboxylic acids is 2. The molecule has 1 aromatic heterocycles. The van der Waals surface area contributed by atoms with E-state index in [9.17, 15) is 9.59 Å². The Morgan fingerprint density at radius 1 is 1.15 bits per heavy atom. The van der Waals surface area contributed by atoms with Crippen LogP contribution in [0.15, 0.2) is 41.8 Å². The maximum absolute atomic E-state index is 12.8. The van der Waals surface area contributed by atoms with Gasteiger partial charge in [-0.3, -0.25) is 9.59 Å². The summed E-state index contributed by atoms with van der Waals surface area (Å²) < 4.78 is 5.40. The summed E-state index contributed by atoms with van der Waals surface area (Å²) in [6.45, 7) is 3.01. The molecular weight excluding hydrogens is 384 g/mol. The highest BCUT2D eigenvalue weighted by atomic mass is 35.5. The van der Waals surface area contributed by atoms with Crippen LogP contribution < -0.4 is 10.6 Å². The maximum atomic E-state index is 12.8. The molecule has 2 N–H and O–H groups in total. The van der Waals surface area contributed by atoms with Crippen LogP contribution >= 0.6 is 23.7 Å². The van der Waals surface area contributed by atoms with Gasteiger partial charge in [0.05, 0.1) is 17.0 Å². The largest absolute Gasteiger partial charge is 0.384 e. The molecule has 1 amide bonds. The Balaban J connectivity index is 0.00000261. The predicted octanol–water partition coefficient (Wildman–Crippen LogP) is 3.15. The van der Waals surface area contributed by atoms with Crippen LogP contribution in [0.2, 0.25) is 0 Å². The molecule has 1 saturated heterocycles. The Morgan fingerprint density at radius 3 is 2.48 bits per heavy atom. The number of rotatable bonds is 7. The molecular formula is C20H25ClN2O3S. The monoisotopic (exact) mass is 408 g/mol. The van der Waals surface area contributed by atoms with Gasteiger partial charge in [-0.1, -0.05) is 24.3 Å². The SMILES string of the molecule is COCC1(CNC(=O)c2ccccc2C(=O)c2cccs2)CCNCC1.Cl. The number of methoxy groups -OCH3 is 1. The first-order chi connectivity index (χ1) is 12.7. The fourth-order valence-electron chi connectivity index (χ4n) is 3.42. The van der Waals surface area contributed by atoms with Gasteiger partial charge in [-0.2, -0.15) is 0 Å². The Morgan fingerprint density at radius 2 is 1.85 bits per heavy atom. The molecule has 2 aromatic rings. The zero-order chi connectivity index (χ0) is 18.4. The molecule has 0 radical (unpaired) electrons. The van der Waals surface area contributed by atoms with Crippen molar-refractivity contribution >= 4 is 35.4 Å². The zero-order valence-corrected chi connectivity index (χ0v) is 17.0. The Hall–Kier alpha value is -1.73. The summed E-state index contributed by atoms with van der Waals surface area (Å²) in [7, 11) is 1.70. The number of hydrogen-bond donors (Lipinski definition) is 2. The summed E-state index contributed by atoms with van der Waals surface area (Å²) in [4.78, 5) is 26.2. The van der Waals surface area contributed by atoms with Crippen molar-refractivity contribution in [3.63, 3.8) is 0 Å². The van der Waals surface area contributed by atoms with Crippen molar-refractivity contribution in [2.24, 2.45) is 5.41 Å². The first-order valence-corrected chi connectivity index (χ1v) is 9.68. The molecule has 5 nitrogen and oxygen atoms in total. The fourth-order valence-corrected chi connectivity index (χ4v) is 4.10. The maximum Gasteiger partial charge on any atom is 0.252 e. The number of amides is 1. The minimum Gasteiger partial charge on any atom is -0.384 e. The molecule has 0 bridgehead atoms. The number of carbonyl (C=O) groups is 2. The van der Waals surface area contributed by atoms with Gasteiger partial charge in [0, 0.05) is 24.6 Å². The quantitative estimate of drug-likeness (QED) is 0.690. The molecule has 2 heterocycles. The van der Waals surface area contributed by atoms with Gasteiger partial charge in [0.15, 0.2) is 0 Å². The first kappa shape index (κ1) is 21.6. The van der Waals surface area contributed by atoms with Crippen LogP contribution in [0.25, 0.3) is 0 Å². The van der Waals surface area contributed by atoms with E-state index < -0.39 is 0 Å². The highest BCUT2D eigenvalue weighted by molar-refractivity contribution is 7.12. The lowest BCUT2D eigenvalue weighted by Gasteiger charge is -2.37. The van der Waals surface area contributed by atoms with Crippen molar-refractivity contribution in [2.75, 3.05) is 33.4 Å². The number of ether oxygens (including phenoxy) is 1. The normalized spacial score (nSPS) is 15.6. The highest BCUT2D eigenvalue weighted by Gasteiger charge is 2.33. The van der Waals surface area contributed by atoms with Crippen LogP contribution in [-0.2, 0) is 4.74 Å². The van der Waals surface area contributed by atoms with E-state index in [4.69, 9.17) is 4.74 Å². The van der Waals surface area contributed by atoms with Gasteiger partial charge in [0.25, 0.3) is 5.91 Å². The lowest BCUT2D eigenvalue weighted by atomic mass is 9.79. The van der Waals surface area contributed by atoms with Crippen LogP contribution in [0.4, 0.5) is 0 Å². The lowest BCUT2D eigenvalue weighted by Crippen LogP contribution is -2.47. The molecule has 0 unspecified atom stereocenters. The molecule has 0 saturated carbocycles. The third-order valence-corrected chi connectivity index (χ3v) is 5.77. The van der Waals surface area contributed by atoms with Crippen LogP contribution in [0.1, 0.15) is 38.4 Å². The third kappa shape index (κ3) is 5.17. The molecule has 3 rings (SSSR count). The topological polar surface area (TPSA) is 67.4 Å². The van der Waals surface area contributed by atoms with Crippen molar-refractivity contribution in [1.82, 2.24) is 10.6 Å². The summed E-state index contributed by atoms with van der Waals surface area (Å²) in [6.07, 6.45) is 1.91. The molecule has 27 heavy (non-hydrogen) atoms. The van der Waals surface area contributed by atoms with Gasteiger partial charge < -0.3 is 15.4 Å². The van der Waals surface area contributed by atoms with E-state index in [-0.39, 0.29) is 29.5 Å². The fraction of sp³-hybridized carbons (Fsp3) is 0.400. The summed E-state index contributed by atoms with van der Waals surface area (Å²) in [5.41, 5.74) is 0.813. The Labute approximate surface area is 169 Å². The van der Waals surface area contributed by atoms with E-state index in [1.54, 1.807) is 37.4 Å². The minimum atomic E-state index is -0.209. The molecule has 1 fully saturated rings. The lowest BCUT2D eigenvalue weighted by molar-refractivity contribution is 0.0511. The zero-order valence-electron chi connectivity index (χ0n) is 15.3.